The van der Waals surface area contributed by atoms with Crippen LogP contribution in [0.4, 0.5) is 0 Å². The first-order valence-corrected chi connectivity index (χ1v) is 8.78. The SMILES string of the molecule is CCCC(C)c1ccccc1.CCCC(C)c1ccccc1. The van der Waals surface area contributed by atoms with Gasteiger partial charge >= 0.3 is 0 Å². The molecule has 0 heterocycles. The third-order valence-corrected chi connectivity index (χ3v) is 4.18. The van der Waals surface area contributed by atoms with E-state index in [0.717, 1.165) is 11.8 Å². The van der Waals surface area contributed by atoms with E-state index in [4.69, 9.17) is 0 Å². The van der Waals surface area contributed by atoms with E-state index < -0.39 is 0 Å². The molecular weight excluding hydrogens is 264 g/mol. The summed E-state index contributed by atoms with van der Waals surface area (Å²) in [4.78, 5) is 0. The molecule has 0 radical (unpaired) electrons. The number of hydrogen-bond acceptors (Lipinski definition) is 0. The molecule has 0 spiro atoms. The van der Waals surface area contributed by atoms with E-state index in [-0.39, 0.29) is 0 Å². The summed E-state index contributed by atoms with van der Waals surface area (Å²) in [5.41, 5.74) is 2.93. The number of benzene rings is 2. The van der Waals surface area contributed by atoms with Crippen molar-refractivity contribution in [1.82, 2.24) is 0 Å². The summed E-state index contributed by atoms with van der Waals surface area (Å²) in [5, 5.41) is 0. The van der Waals surface area contributed by atoms with E-state index >= 15 is 0 Å². The van der Waals surface area contributed by atoms with Gasteiger partial charge in [-0.1, -0.05) is 101 Å². The van der Waals surface area contributed by atoms with Crippen molar-refractivity contribution in [3.8, 4) is 0 Å². The van der Waals surface area contributed by atoms with E-state index in [0.29, 0.717) is 0 Å². The number of hydrogen-bond donors (Lipinski definition) is 0. The lowest BCUT2D eigenvalue weighted by Crippen LogP contribution is -1.91. The van der Waals surface area contributed by atoms with Gasteiger partial charge in [-0.2, -0.15) is 0 Å². The molecule has 0 saturated heterocycles. The smallest absolute Gasteiger partial charge is 0.0190 e. The summed E-state index contributed by atoms with van der Waals surface area (Å²) in [6.07, 6.45) is 5.14. The molecule has 2 atom stereocenters. The molecule has 0 aliphatic carbocycles. The lowest BCUT2D eigenvalue weighted by molar-refractivity contribution is 0.665. The molecule has 2 rings (SSSR count). The standard InChI is InChI=1S/2C11H16/c2*1-3-7-10(2)11-8-5-4-6-9-11/h2*4-6,8-10H,3,7H2,1-2H3. The summed E-state index contributed by atoms with van der Waals surface area (Å²) in [7, 11) is 0. The van der Waals surface area contributed by atoms with Gasteiger partial charge in [0.2, 0.25) is 0 Å². The molecule has 0 fully saturated rings. The Balaban J connectivity index is 0.000000220. The highest BCUT2D eigenvalue weighted by molar-refractivity contribution is 5.19. The van der Waals surface area contributed by atoms with Crippen LogP contribution in [0.2, 0.25) is 0 Å². The molecule has 0 aliphatic heterocycles. The Bertz CT molecular complexity index is 424. The van der Waals surface area contributed by atoms with E-state index in [9.17, 15) is 0 Å². The zero-order valence-corrected chi connectivity index (χ0v) is 14.8. The fraction of sp³-hybridized carbons (Fsp3) is 0.455. The van der Waals surface area contributed by atoms with Crippen molar-refractivity contribution >= 4 is 0 Å². The molecule has 2 aromatic carbocycles. The monoisotopic (exact) mass is 296 g/mol. The van der Waals surface area contributed by atoms with Crippen LogP contribution in [-0.2, 0) is 0 Å². The molecule has 120 valence electrons. The molecule has 2 unspecified atom stereocenters. The van der Waals surface area contributed by atoms with Crippen molar-refractivity contribution in [2.24, 2.45) is 0 Å². The maximum atomic E-state index is 2.29. The van der Waals surface area contributed by atoms with Crippen LogP contribution in [0, 0.1) is 0 Å². The lowest BCUT2D eigenvalue weighted by atomic mass is 9.97. The molecular formula is C22H32. The molecule has 0 amide bonds. The highest BCUT2D eigenvalue weighted by atomic mass is 14.1. The van der Waals surface area contributed by atoms with Gasteiger partial charge in [0, 0.05) is 0 Å². The lowest BCUT2D eigenvalue weighted by Gasteiger charge is -2.08. The van der Waals surface area contributed by atoms with Gasteiger partial charge in [-0.05, 0) is 35.8 Å². The molecule has 0 nitrogen and oxygen atoms in total. The van der Waals surface area contributed by atoms with E-state index in [2.05, 4.69) is 88.4 Å². The second-order valence-corrected chi connectivity index (χ2v) is 6.20. The van der Waals surface area contributed by atoms with Gasteiger partial charge in [-0.25, -0.2) is 0 Å². The van der Waals surface area contributed by atoms with E-state index in [1.54, 1.807) is 0 Å². The summed E-state index contributed by atoms with van der Waals surface area (Å²) in [5.74, 6) is 1.45. The first-order chi connectivity index (χ1) is 10.7. The Morgan fingerprint density at radius 1 is 0.591 bits per heavy atom. The molecule has 0 saturated carbocycles. The van der Waals surface area contributed by atoms with Crippen molar-refractivity contribution in [2.45, 2.75) is 65.2 Å². The van der Waals surface area contributed by atoms with Crippen LogP contribution >= 0.6 is 0 Å². The van der Waals surface area contributed by atoms with Gasteiger partial charge in [0.15, 0.2) is 0 Å². The van der Waals surface area contributed by atoms with Crippen molar-refractivity contribution in [2.75, 3.05) is 0 Å². The van der Waals surface area contributed by atoms with Crippen LogP contribution < -0.4 is 0 Å². The van der Waals surface area contributed by atoms with Crippen LogP contribution in [0.3, 0.4) is 0 Å². The Morgan fingerprint density at radius 2 is 0.909 bits per heavy atom. The van der Waals surface area contributed by atoms with Crippen LogP contribution in [0.15, 0.2) is 60.7 Å². The Labute approximate surface area is 137 Å². The normalized spacial score (nSPS) is 12.9. The first kappa shape index (κ1) is 18.5. The van der Waals surface area contributed by atoms with Gasteiger partial charge in [0.1, 0.15) is 0 Å². The minimum absolute atomic E-state index is 0.723. The van der Waals surface area contributed by atoms with Crippen LogP contribution in [0.25, 0.3) is 0 Å². The molecule has 0 N–H and O–H groups in total. The summed E-state index contributed by atoms with van der Waals surface area (Å²) < 4.78 is 0. The van der Waals surface area contributed by atoms with Gasteiger partial charge in [0.05, 0.1) is 0 Å². The van der Waals surface area contributed by atoms with Gasteiger partial charge in [-0.15, -0.1) is 0 Å². The summed E-state index contributed by atoms with van der Waals surface area (Å²) >= 11 is 0. The molecule has 0 aliphatic rings. The van der Waals surface area contributed by atoms with Gasteiger partial charge in [0.25, 0.3) is 0 Å². The quantitative estimate of drug-likeness (QED) is 0.529. The fourth-order valence-corrected chi connectivity index (χ4v) is 2.76. The van der Waals surface area contributed by atoms with Crippen LogP contribution in [0.1, 0.15) is 76.3 Å². The maximum Gasteiger partial charge on any atom is -0.0190 e. The predicted octanol–water partition coefficient (Wildman–Crippen LogP) is 7.18. The van der Waals surface area contributed by atoms with Gasteiger partial charge in [-0.3, -0.25) is 0 Å². The van der Waals surface area contributed by atoms with E-state index in [1.807, 2.05) is 0 Å². The molecule has 0 bridgehead atoms. The van der Waals surface area contributed by atoms with Crippen molar-refractivity contribution in [3.05, 3.63) is 71.8 Å². The van der Waals surface area contributed by atoms with Crippen molar-refractivity contribution in [3.63, 3.8) is 0 Å². The third kappa shape index (κ3) is 6.93. The zero-order valence-electron chi connectivity index (χ0n) is 14.8. The molecule has 22 heavy (non-hydrogen) atoms. The molecule has 2 aromatic rings. The average molecular weight is 296 g/mol. The highest BCUT2D eigenvalue weighted by Gasteiger charge is 2.02. The van der Waals surface area contributed by atoms with Crippen molar-refractivity contribution < 1.29 is 0 Å². The topological polar surface area (TPSA) is 0 Å². The summed E-state index contributed by atoms with van der Waals surface area (Å²) in [6, 6.07) is 21.4. The first-order valence-electron chi connectivity index (χ1n) is 8.78. The highest BCUT2D eigenvalue weighted by Crippen LogP contribution is 2.20. The fourth-order valence-electron chi connectivity index (χ4n) is 2.76. The Morgan fingerprint density at radius 3 is 1.18 bits per heavy atom. The predicted molar refractivity (Wildman–Crippen MR) is 99.5 cm³/mol. The van der Waals surface area contributed by atoms with Crippen LogP contribution in [-0.4, -0.2) is 0 Å². The average Bonchev–Trinajstić information content (AvgIpc) is 2.57. The Hall–Kier alpha value is -1.56. The second kappa shape index (κ2) is 11.1. The van der Waals surface area contributed by atoms with E-state index in [1.165, 1.54) is 36.8 Å². The second-order valence-electron chi connectivity index (χ2n) is 6.20. The number of rotatable bonds is 6. The third-order valence-electron chi connectivity index (χ3n) is 4.18. The Kier molecular flexibility index (Phi) is 9.30. The molecule has 0 heteroatoms. The maximum absolute atomic E-state index is 2.29. The largest absolute Gasteiger partial charge is 0.0654 e. The zero-order chi connectivity index (χ0) is 16.2. The minimum Gasteiger partial charge on any atom is -0.0654 e. The minimum atomic E-state index is 0.723. The van der Waals surface area contributed by atoms with Crippen LogP contribution in [0.5, 0.6) is 0 Å². The molecule has 0 aromatic heterocycles. The van der Waals surface area contributed by atoms with Gasteiger partial charge < -0.3 is 0 Å². The van der Waals surface area contributed by atoms with Crippen molar-refractivity contribution in [1.29, 1.82) is 0 Å². The summed E-state index contributed by atoms with van der Waals surface area (Å²) in [6.45, 7) is 9.05.